The molecule has 0 bridgehead atoms. The zero-order chi connectivity index (χ0) is 15.6. The minimum atomic E-state index is -0.449. The quantitative estimate of drug-likeness (QED) is 0.895. The van der Waals surface area contributed by atoms with Crippen LogP contribution in [0, 0.1) is 5.92 Å². The van der Waals surface area contributed by atoms with Crippen LogP contribution in [0.25, 0.3) is 0 Å². The van der Waals surface area contributed by atoms with Gasteiger partial charge in [0.15, 0.2) is 0 Å². The van der Waals surface area contributed by atoms with Crippen molar-refractivity contribution in [3.63, 3.8) is 0 Å². The molecule has 1 aliphatic heterocycles. The summed E-state index contributed by atoms with van der Waals surface area (Å²) in [6.07, 6.45) is 4.73. The largest absolute Gasteiger partial charge is 0.342 e. The number of amides is 2. The maximum absolute atomic E-state index is 12.7. The molecule has 2 atom stereocenters. The van der Waals surface area contributed by atoms with E-state index >= 15 is 0 Å². The van der Waals surface area contributed by atoms with Crippen molar-refractivity contribution in [2.24, 2.45) is 5.92 Å². The monoisotopic (exact) mass is 292 g/mol. The van der Waals surface area contributed by atoms with E-state index in [1.165, 1.54) is 0 Å². The number of hydrogen-bond donors (Lipinski definition) is 1. The molecule has 1 fully saturated rings. The fraction of sp³-hybridized carbons (Fsp3) is 0.667. The number of aromatic nitrogens is 2. The molecule has 6 heteroatoms. The molecule has 2 heterocycles. The number of carbonyl (C=O) groups excluding carboxylic acids is 2. The van der Waals surface area contributed by atoms with Crippen molar-refractivity contribution in [3.05, 3.63) is 12.4 Å². The third-order valence-corrected chi connectivity index (χ3v) is 3.78. The van der Waals surface area contributed by atoms with E-state index in [1.54, 1.807) is 15.8 Å². The second-order valence-corrected chi connectivity index (χ2v) is 5.88. The summed E-state index contributed by atoms with van der Waals surface area (Å²) in [6.45, 7) is 8.73. The second-order valence-electron chi connectivity index (χ2n) is 5.88. The first kappa shape index (κ1) is 15.5. The summed E-state index contributed by atoms with van der Waals surface area (Å²) in [6, 6.07) is -0.888. The van der Waals surface area contributed by atoms with Crippen LogP contribution in [0.1, 0.15) is 40.5 Å². The molecule has 6 nitrogen and oxygen atoms in total. The van der Waals surface area contributed by atoms with Crippen molar-refractivity contribution in [2.75, 3.05) is 4.90 Å². The Kier molecular flexibility index (Phi) is 4.65. The molecule has 0 spiro atoms. The predicted octanol–water partition coefficient (Wildman–Crippen LogP) is 1.56. The van der Waals surface area contributed by atoms with Gasteiger partial charge in [0.25, 0.3) is 0 Å². The summed E-state index contributed by atoms with van der Waals surface area (Å²) < 4.78 is 1.76. The molecule has 1 aromatic rings. The SMILES string of the molecule is CCC1C(=O)NC(CC(C)C)C(=O)N1c1cnn(CC)c1. The Balaban J connectivity index is 2.32. The predicted molar refractivity (Wildman–Crippen MR) is 80.9 cm³/mol. The Morgan fingerprint density at radius 1 is 1.33 bits per heavy atom. The molecule has 0 aliphatic carbocycles. The highest BCUT2D eigenvalue weighted by molar-refractivity contribution is 6.08. The van der Waals surface area contributed by atoms with Gasteiger partial charge in [0.05, 0.1) is 11.9 Å². The molecule has 2 rings (SSSR count). The van der Waals surface area contributed by atoms with Crippen LogP contribution in [-0.4, -0.2) is 33.7 Å². The van der Waals surface area contributed by atoms with Gasteiger partial charge in [-0.2, -0.15) is 5.10 Å². The van der Waals surface area contributed by atoms with E-state index in [4.69, 9.17) is 0 Å². The van der Waals surface area contributed by atoms with Crippen LogP contribution in [0.2, 0.25) is 0 Å². The lowest BCUT2D eigenvalue weighted by atomic mass is 9.97. The van der Waals surface area contributed by atoms with Gasteiger partial charge in [-0.15, -0.1) is 0 Å². The molecule has 1 saturated heterocycles. The summed E-state index contributed by atoms with van der Waals surface area (Å²) in [5.41, 5.74) is 0.706. The maximum atomic E-state index is 12.7. The highest BCUT2D eigenvalue weighted by Gasteiger charge is 2.40. The van der Waals surface area contributed by atoms with E-state index in [2.05, 4.69) is 10.4 Å². The number of carbonyl (C=O) groups is 2. The summed E-state index contributed by atoms with van der Waals surface area (Å²) in [4.78, 5) is 26.7. The smallest absolute Gasteiger partial charge is 0.250 e. The van der Waals surface area contributed by atoms with E-state index in [-0.39, 0.29) is 11.8 Å². The zero-order valence-electron chi connectivity index (χ0n) is 13.2. The summed E-state index contributed by atoms with van der Waals surface area (Å²) in [7, 11) is 0. The van der Waals surface area contributed by atoms with Crippen LogP contribution < -0.4 is 10.2 Å². The Bertz CT molecular complexity index is 523. The molecule has 116 valence electrons. The van der Waals surface area contributed by atoms with Gasteiger partial charge in [-0.3, -0.25) is 19.2 Å². The molecule has 1 N–H and O–H groups in total. The van der Waals surface area contributed by atoms with Gasteiger partial charge in [-0.1, -0.05) is 20.8 Å². The van der Waals surface area contributed by atoms with E-state index in [0.717, 1.165) is 6.54 Å². The first-order valence-electron chi connectivity index (χ1n) is 7.63. The van der Waals surface area contributed by atoms with Crippen LogP contribution in [0.15, 0.2) is 12.4 Å². The number of aryl methyl sites for hydroxylation is 1. The second kappa shape index (κ2) is 6.28. The lowest BCUT2D eigenvalue weighted by Gasteiger charge is -2.38. The molecule has 2 unspecified atom stereocenters. The minimum Gasteiger partial charge on any atom is -0.342 e. The average molecular weight is 292 g/mol. The summed E-state index contributed by atoms with van der Waals surface area (Å²) >= 11 is 0. The highest BCUT2D eigenvalue weighted by Crippen LogP contribution is 2.24. The normalized spacial score (nSPS) is 22.8. The molecule has 2 amide bonds. The maximum Gasteiger partial charge on any atom is 0.250 e. The Labute approximate surface area is 125 Å². The van der Waals surface area contributed by atoms with Gasteiger partial charge in [0.1, 0.15) is 12.1 Å². The lowest BCUT2D eigenvalue weighted by molar-refractivity contribution is -0.134. The van der Waals surface area contributed by atoms with E-state index in [0.29, 0.717) is 24.4 Å². The van der Waals surface area contributed by atoms with Gasteiger partial charge >= 0.3 is 0 Å². The molecule has 0 aromatic carbocycles. The van der Waals surface area contributed by atoms with Crippen LogP contribution in [0.3, 0.4) is 0 Å². The lowest BCUT2D eigenvalue weighted by Crippen LogP contribution is -2.63. The molecule has 21 heavy (non-hydrogen) atoms. The topological polar surface area (TPSA) is 67.2 Å². The molecule has 0 radical (unpaired) electrons. The number of piperazine rings is 1. The van der Waals surface area contributed by atoms with Crippen molar-refractivity contribution >= 4 is 17.5 Å². The number of anilines is 1. The Hall–Kier alpha value is -1.85. The first-order valence-corrected chi connectivity index (χ1v) is 7.63. The summed E-state index contributed by atoms with van der Waals surface area (Å²) in [5.74, 6) is 0.232. The van der Waals surface area contributed by atoms with Crippen molar-refractivity contribution < 1.29 is 9.59 Å². The van der Waals surface area contributed by atoms with Crippen molar-refractivity contribution in [2.45, 2.75) is 59.2 Å². The average Bonchev–Trinajstić information content (AvgIpc) is 2.90. The molecular formula is C15H24N4O2. The fourth-order valence-electron chi connectivity index (χ4n) is 2.72. The Morgan fingerprint density at radius 2 is 2.05 bits per heavy atom. The molecule has 1 aromatic heterocycles. The molecule has 1 aliphatic rings. The van der Waals surface area contributed by atoms with Gasteiger partial charge < -0.3 is 5.32 Å². The van der Waals surface area contributed by atoms with E-state index in [1.807, 2.05) is 33.9 Å². The van der Waals surface area contributed by atoms with Crippen molar-refractivity contribution in [1.29, 1.82) is 0 Å². The molecular weight excluding hydrogens is 268 g/mol. The highest BCUT2D eigenvalue weighted by atomic mass is 16.2. The van der Waals surface area contributed by atoms with Crippen LogP contribution >= 0.6 is 0 Å². The van der Waals surface area contributed by atoms with Gasteiger partial charge in [0.2, 0.25) is 11.8 Å². The van der Waals surface area contributed by atoms with Gasteiger partial charge in [0, 0.05) is 12.7 Å². The summed E-state index contributed by atoms with van der Waals surface area (Å²) in [5, 5.41) is 7.08. The number of nitrogens with one attached hydrogen (secondary N) is 1. The fourth-order valence-corrected chi connectivity index (χ4v) is 2.72. The van der Waals surface area contributed by atoms with Crippen LogP contribution in [0.5, 0.6) is 0 Å². The van der Waals surface area contributed by atoms with Gasteiger partial charge in [-0.05, 0) is 25.7 Å². The standard InChI is InChI=1S/C15H24N4O2/c1-5-13-14(20)17-12(7-10(3)4)15(21)19(13)11-8-16-18(6-2)9-11/h8-10,12-13H,5-7H2,1-4H3,(H,17,20). The van der Waals surface area contributed by atoms with E-state index in [9.17, 15) is 9.59 Å². The first-order chi connectivity index (χ1) is 9.97. The zero-order valence-corrected chi connectivity index (χ0v) is 13.2. The number of nitrogens with zero attached hydrogens (tertiary/aromatic N) is 3. The van der Waals surface area contributed by atoms with Crippen molar-refractivity contribution in [1.82, 2.24) is 15.1 Å². The van der Waals surface area contributed by atoms with Crippen molar-refractivity contribution in [3.8, 4) is 0 Å². The third-order valence-electron chi connectivity index (χ3n) is 3.78. The number of rotatable bonds is 5. The van der Waals surface area contributed by atoms with Gasteiger partial charge in [-0.25, -0.2) is 0 Å². The van der Waals surface area contributed by atoms with Crippen LogP contribution in [-0.2, 0) is 16.1 Å². The molecule has 0 saturated carbocycles. The van der Waals surface area contributed by atoms with Crippen LogP contribution in [0.4, 0.5) is 5.69 Å². The minimum absolute atomic E-state index is 0.0363. The Morgan fingerprint density at radius 3 is 2.57 bits per heavy atom. The third kappa shape index (κ3) is 3.09. The van der Waals surface area contributed by atoms with E-state index < -0.39 is 12.1 Å². The number of hydrogen-bond acceptors (Lipinski definition) is 3.